The first kappa shape index (κ1) is 21.8. The molecular formula is C25H31NO4. The van der Waals surface area contributed by atoms with Gasteiger partial charge in [-0.1, -0.05) is 25.8 Å². The standard InChI is InChI=1S/C25H31NO4/c1-7-8-9-10-18-16(2)26-20-15-24(30-6)23(29-5)14-19(20)25(18)17-11-12-21(27-3)22(13-17)28-4/h11-15H,7-10H2,1-6H3. The third-order valence-corrected chi connectivity index (χ3v) is 5.50. The molecule has 3 aromatic rings. The van der Waals surface area contributed by atoms with Crippen LogP contribution in [0.5, 0.6) is 23.0 Å². The fraction of sp³-hybridized carbons (Fsp3) is 0.400. The SMILES string of the molecule is CCCCCc1c(C)nc2cc(OC)c(OC)cc2c1-c1ccc(OC)c(OC)c1. The number of aryl methyl sites for hydroxylation is 1. The second-order valence-electron chi connectivity index (χ2n) is 7.30. The van der Waals surface area contributed by atoms with E-state index >= 15 is 0 Å². The Labute approximate surface area is 178 Å². The number of aromatic nitrogens is 1. The molecule has 0 aliphatic carbocycles. The van der Waals surface area contributed by atoms with Crippen molar-refractivity contribution < 1.29 is 18.9 Å². The second kappa shape index (κ2) is 9.70. The highest BCUT2D eigenvalue weighted by atomic mass is 16.5. The third-order valence-electron chi connectivity index (χ3n) is 5.50. The van der Waals surface area contributed by atoms with Gasteiger partial charge in [0.25, 0.3) is 0 Å². The molecule has 0 aliphatic heterocycles. The summed E-state index contributed by atoms with van der Waals surface area (Å²) in [5, 5.41) is 1.04. The van der Waals surface area contributed by atoms with Crippen LogP contribution in [0.15, 0.2) is 30.3 Å². The zero-order valence-electron chi connectivity index (χ0n) is 18.8. The van der Waals surface area contributed by atoms with Gasteiger partial charge in [0.05, 0.1) is 34.0 Å². The lowest BCUT2D eigenvalue weighted by Gasteiger charge is -2.19. The van der Waals surface area contributed by atoms with Crippen molar-refractivity contribution in [2.24, 2.45) is 0 Å². The monoisotopic (exact) mass is 409 g/mol. The molecule has 3 rings (SSSR count). The first-order valence-corrected chi connectivity index (χ1v) is 10.4. The average molecular weight is 410 g/mol. The predicted octanol–water partition coefficient (Wildman–Crippen LogP) is 5.98. The summed E-state index contributed by atoms with van der Waals surface area (Å²) in [5.74, 6) is 2.78. The van der Waals surface area contributed by atoms with Crippen molar-refractivity contribution in [3.05, 3.63) is 41.6 Å². The molecule has 0 spiro atoms. The van der Waals surface area contributed by atoms with Crippen LogP contribution < -0.4 is 18.9 Å². The van der Waals surface area contributed by atoms with E-state index in [1.165, 1.54) is 18.4 Å². The summed E-state index contributed by atoms with van der Waals surface area (Å²) in [7, 11) is 6.61. The normalized spacial score (nSPS) is 10.9. The lowest BCUT2D eigenvalue weighted by Crippen LogP contribution is -2.01. The van der Waals surface area contributed by atoms with Crippen molar-refractivity contribution in [2.45, 2.75) is 39.5 Å². The first-order valence-electron chi connectivity index (χ1n) is 10.4. The Bertz CT molecular complexity index is 1030. The van der Waals surface area contributed by atoms with Crippen molar-refractivity contribution in [3.63, 3.8) is 0 Å². The van der Waals surface area contributed by atoms with Crippen LogP contribution in [0, 0.1) is 6.92 Å². The van der Waals surface area contributed by atoms with Crippen LogP contribution in [0.2, 0.25) is 0 Å². The number of rotatable bonds is 9. The van der Waals surface area contributed by atoms with Gasteiger partial charge in [0, 0.05) is 17.1 Å². The quantitative estimate of drug-likeness (QED) is 0.407. The lowest BCUT2D eigenvalue weighted by atomic mass is 9.91. The number of hydrogen-bond acceptors (Lipinski definition) is 5. The molecule has 0 aliphatic rings. The molecule has 5 nitrogen and oxygen atoms in total. The van der Waals surface area contributed by atoms with Crippen molar-refractivity contribution in [1.29, 1.82) is 0 Å². The third kappa shape index (κ3) is 4.16. The number of nitrogens with zero attached hydrogens (tertiary/aromatic N) is 1. The van der Waals surface area contributed by atoms with Crippen LogP contribution >= 0.6 is 0 Å². The Morgan fingerprint density at radius 2 is 1.40 bits per heavy atom. The van der Waals surface area contributed by atoms with Crippen molar-refractivity contribution in [2.75, 3.05) is 28.4 Å². The van der Waals surface area contributed by atoms with Crippen LogP contribution in [-0.4, -0.2) is 33.4 Å². The Morgan fingerprint density at radius 3 is 2.03 bits per heavy atom. The number of benzene rings is 2. The molecule has 0 saturated heterocycles. The van der Waals surface area contributed by atoms with Gasteiger partial charge in [0.15, 0.2) is 23.0 Å². The van der Waals surface area contributed by atoms with E-state index in [1.54, 1.807) is 28.4 Å². The zero-order valence-corrected chi connectivity index (χ0v) is 18.8. The van der Waals surface area contributed by atoms with Crippen LogP contribution in [0.1, 0.15) is 37.4 Å². The molecule has 0 amide bonds. The van der Waals surface area contributed by atoms with Gasteiger partial charge < -0.3 is 18.9 Å². The van der Waals surface area contributed by atoms with Crippen molar-refractivity contribution in [1.82, 2.24) is 4.98 Å². The second-order valence-corrected chi connectivity index (χ2v) is 7.30. The fourth-order valence-electron chi connectivity index (χ4n) is 3.93. The summed E-state index contributed by atoms with van der Waals surface area (Å²) in [5.41, 5.74) is 5.41. The van der Waals surface area contributed by atoms with Crippen molar-refractivity contribution in [3.8, 4) is 34.1 Å². The maximum atomic E-state index is 5.59. The Kier molecular flexibility index (Phi) is 7.03. The molecule has 160 valence electrons. The van der Waals surface area contributed by atoms with Gasteiger partial charge in [0.2, 0.25) is 0 Å². The Hall–Kier alpha value is -2.95. The molecule has 0 fully saturated rings. The molecule has 0 atom stereocenters. The fourth-order valence-corrected chi connectivity index (χ4v) is 3.93. The highest BCUT2D eigenvalue weighted by Crippen LogP contribution is 2.41. The molecule has 5 heteroatoms. The molecular weight excluding hydrogens is 378 g/mol. The van der Waals surface area contributed by atoms with Crippen LogP contribution in [-0.2, 0) is 6.42 Å². The minimum absolute atomic E-state index is 0.675. The number of ether oxygens (including phenoxy) is 4. The van der Waals surface area contributed by atoms with Gasteiger partial charge in [-0.3, -0.25) is 4.98 Å². The minimum atomic E-state index is 0.675. The summed E-state index contributed by atoms with van der Waals surface area (Å²) in [6, 6.07) is 10.0. The predicted molar refractivity (Wildman–Crippen MR) is 121 cm³/mol. The zero-order chi connectivity index (χ0) is 21.7. The van der Waals surface area contributed by atoms with E-state index in [4.69, 9.17) is 23.9 Å². The van der Waals surface area contributed by atoms with E-state index in [0.29, 0.717) is 23.0 Å². The van der Waals surface area contributed by atoms with Crippen LogP contribution in [0.4, 0.5) is 0 Å². The maximum Gasteiger partial charge on any atom is 0.162 e. The number of pyridine rings is 1. The van der Waals surface area contributed by atoms with Gasteiger partial charge in [-0.05, 0) is 54.7 Å². The van der Waals surface area contributed by atoms with E-state index < -0.39 is 0 Å². The smallest absolute Gasteiger partial charge is 0.162 e. The summed E-state index contributed by atoms with van der Waals surface area (Å²) in [6.45, 7) is 4.31. The van der Waals surface area contributed by atoms with Gasteiger partial charge in [-0.15, -0.1) is 0 Å². The number of hydrogen-bond donors (Lipinski definition) is 0. The van der Waals surface area contributed by atoms with E-state index in [9.17, 15) is 0 Å². The van der Waals surface area contributed by atoms with Gasteiger partial charge in [-0.2, -0.15) is 0 Å². The summed E-state index contributed by atoms with van der Waals surface area (Å²) in [6.07, 6.45) is 4.46. The topological polar surface area (TPSA) is 49.8 Å². The van der Waals surface area contributed by atoms with Gasteiger partial charge in [0.1, 0.15) is 0 Å². The van der Waals surface area contributed by atoms with Crippen LogP contribution in [0.25, 0.3) is 22.0 Å². The Morgan fingerprint density at radius 1 is 0.767 bits per heavy atom. The van der Waals surface area contributed by atoms with Crippen LogP contribution in [0.3, 0.4) is 0 Å². The summed E-state index contributed by atoms with van der Waals surface area (Å²) in [4.78, 5) is 4.91. The molecule has 1 aromatic heterocycles. The van der Waals surface area contributed by atoms with Crippen molar-refractivity contribution >= 4 is 10.9 Å². The highest BCUT2D eigenvalue weighted by Gasteiger charge is 2.19. The van der Waals surface area contributed by atoms with Gasteiger partial charge in [-0.25, -0.2) is 0 Å². The number of fused-ring (bicyclic) bond motifs is 1. The van der Waals surface area contributed by atoms with E-state index in [0.717, 1.165) is 40.6 Å². The summed E-state index contributed by atoms with van der Waals surface area (Å²) >= 11 is 0. The largest absolute Gasteiger partial charge is 0.493 e. The number of unbranched alkanes of at least 4 members (excludes halogenated alkanes) is 2. The molecule has 0 N–H and O–H groups in total. The average Bonchev–Trinajstić information content (AvgIpc) is 2.78. The van der Waals surface area contributed by atoms with Gasteiger partial charge >= 0.3 is 0 Å². The lowest BCUT2D eigenvalue weighted by molar-refractivity contribution is 0.355. The molecule has 0 radical (unpaired) electrons. The molecule has 0 bridgehead atoms. The highest BCUT2D eigenvalue weighted by molar-refractivity contribution is 5.98. The molecule has 30 heavy (non-hydrogen) atoms. The maximum absolute atomic E-state index is 5.59. The molecule has 0 saturated carbocycles. The Balaban J connectivity index is 2.32. The molecule has 0 unspecified atom stereocenters. The minimum Gasteiger partial charge on any atom is -0.493 e. The molecule has 2 aromatic carbocycles. The number of methoxy groups -OCH3 is 4. The summed E-state index contributed by atoms with van der Waals surface area (Å²) < 4.78 is 22.1. The van der Waals surface area contributed by atoms with E-state index in [1.807, 2.05) is 24.3 Å². The molecule has 1 heterocycles. The first-order chi connectivity index (χ1) is 14.6. The van der Waals surface area contributed by atoms with E-state index in [2.05, 4.69) is 19.9 Å². The van der Waals surface area contributed by atoms with E-state index in [-0.39, 0.29) is 0 Å².